The largest absolute Gasteiger partial charge is 1.00 e. The molecule has 0 fully saturated rings. The Morgan fingerprint density at radius 1 is 0.636 bits per heavy atom. The molecule has 0 amide bonds. The van der Waals surface area contributed by atoms with Gasteiger partial charge >= 0.3 is 71.1 Å². The molecule has 0 saturated heterocycles. The van der Waals surface area contributed by atoms with Crippen molar-refractivity contribution < 1.29 is 89.1 Å². The molecule has 0 aliphatic carbocycles. The average Bonchev–Trinajstić information content (AvgIpc) is 2.40. The molecule has 0 unspecified atom stereocenters. The van der Waals surface area contributed by atoms with Crippen molar-refractivity contribution in [2.45, 2.75) is 0 Å². The quantitative estimate of drug-likeness (QED) is 0.534. The van der Waals surface area contributed by atoms with E-state index in [-0.39, 0.29) is 81.7 Å². The number of aromatic carboxylic acids is 2. The van der Waals surface area contributed by atoms with Crippen LogP contribution in [-0.2, 0) is 0 Å². The van der Waals surface area contributed by atoms with E-state index in [1.165, 1.54) is 48.5 Å². The van der Waals surface area contributed by atoms with Crippen LogP contribution in [-0.4, -0.2) is 22.2 Å². The molecule has 0 bridgehead atoms. The first-order valence-electron chi connectivity index (χ1n) is 5.41. The van der Waals surface area contributed by atoms with Gasteiger partial charge in [0, 0.05) is 0 Å². The summed E-state index contributed by atoms with van der Waals surface area (Å²) in [6.07, 6.45) is 0. The van der Waals surface area contributed by atoms with E-state index >= 15 is 0 Å². The summed E-state index contributed by atoms with van der Waals surface area (Å²) in [7, 11) is 0. The standard InChI is InChI=1S/2C7H6O3.2Na/c2*8-6-3-1-5(2-4-6)7(9)10;;/h2*1-4,8H,(H,9,10);;/q;;2*+1/p-2. The van der Waals surface area contributed by atoms with Crippen LogP contribution in [0, 0.1) is 0 Å². The molecule has 22 heavy (non-hydrogen) atoms. The van der Waals surface area contributed by atoms with Gasteiger partial charge in [-0.3, -0.25) is 0 Å². The molecule has 0 aliphatic rings. The summed E-state index contributed by atoms with van der Waals surface area (Å²) in [5.41, 5.74) is 0.277. The van der Waals surface area contributed by atoms with Crippen molar-refractivity contribution in [1.29, 1.82) is 0 Å². The molecular weight excluding hydrogens is 310 g/mol. The van der Waals surface area contributed by atoms with E-state index in [1.807, 2.05) is 0 Å². The van der Waals surface area contributed by atoms with Gasteiger partial charge in [0.05, 0.1) is 11.1 Å². The Kier molecular flexibility index (Phi) is 12.2. The minimum absolute atomic E-state index is 0. The van der Waals surface area contributed by atoms with Gasteiger partial charge in [0.15, 0.2) is 0 Å². The second-order valence-electron chi connectivity index (χ2n) is 3.66. The maximum atomic E-state index is 10.5. The van der Waals surface area contributed by atoms with Crippen molar-refractivity contribution in [3.63, 3.8) is 0 Å². The second kappa shape index (κ2) is 11.5. The predicted octanol–water partition coefficient (Wildman–Crippen LogP) is -5.08. The summed E-state index contributed by atoms with van der Waals surface area (Å²) >= 11 is 0. The summed E-state index contributed by atoms with van der Waals surface area (Å²) in [5.74, 6) is -2.38. The van der Waals surface area contributed by atoms with Crippen LogP contribution in [0.5, 0.6) is 11.5 Å². The van der Waals surface area contributed by atoms with Crippen molar-refractivity contribution in [1.82, 2.24) is 0 Å². The van der Waals surface area contributed by atoms with Crippen LogP contribution in [0.25, 0.3) is 0 Å². The van der Waals surface area contributed by atoms with E-state index in [4.69, 9.17) is 10.2 Å². The van der Waals surface area contributed by atoms with Gasteiger partial charge in [-0.25, -0.2) is 9.59 Å². The summed E-state index contributed by atoms with van der Waals surface area (Å²) < 4.78 is 0. The molecule has 2 N–H and O–H groups in total. The molecule has 0 radical (unpaired) electrons. The maximum Gasteiger partial charge on any atom is 1.00 e. The van der Waals surface area contributed by atoms with Crippen molar-refractivity contribution in [3.05, 3.63) is 59.7 Å². The van der Waals surface area contributed by atoms with Crippen LogP contribution >= 0.6 is 0 Å². The zero-order valence-electron chi connectivity index (χ0n) is 12.1. The molecule has 0 saturated carbocycles. The van der Waals surface area contributed by atoms with Gasteiger partial charge in [-0.05, 0) is 24.3 Å². The first-order valence-corrected chi connectivity index (χ1v) is 5.41. The van der Waals surface area contributed by atoms with E-state index in [9.17, 15) is 19.8 Å². The number of benzene rings is 2. The number of carbonyl (C=O) groups is 2. The van der Waals surface area contributed by atoms with E-state index in [1.54, 1.807) is 0 Å². The Morgan fingerprint density at radius 2 is 0.864 bits per heavy atom. The molecule has 0 heterocycles. The monoisotopic (exact) mass is 320 g/mol. The summed E-state index contributed by atoms with van der Waals surface area (Å²) in [6, 6.07) is 10.0. The third-order valence-corrected chi connectivity index (χ3v) is 2.20. The van der Waals surface area contributed by atoms with Crippen molar-refractivity contribution >= 4 is 11.9 Å². The Labute approximate surface area is 171 Å². The first kappa shape index (κ1) is 23.2. The van der Waals surface area contributed by atoms with Gasteiger partial charge in [-0.2, -0.15) is 0 Å². The van der Waals surface area contributed by atoms with Crippen molar-refractivity contribution in [2.75, 3.05) is 0 Å². The molecule has 0 spiro atoms. The Bertz CT molecular complexity index is 540. The Morgan fingerprint density at radius 3 is 1.05 bits per heavy atom. The summed E-state index contributed by atoms with van der Waals surface area (Å²) in [4.78, 5) is 20.4. The van der Waals surface area contributed by atoms with E-state index in [2.05, 4.69) is 0 Å². The van der Waals surface area contributed by atoms with Crippen LogP contribution in [0.1, 0.15) is 20.7 Å². The molecule has 2 aromatic carbocycles. The fourth-order valence-corrected chi connectivity index (χ4v) is 1.20. The van der Waals surface area contributed by atoms with Crippen LogP contribution in [0.2, 0.25) is 0 Å². The minimum Gasteiger partial charge on any atom is -0.872 e. The van der Waals surface area contributed by atoms with Gasteiger partial charge in [-0.15, -0.1) is 11.5 Å². The molecule has 0 aliphatic heterocycles. The van der Waals surface area contributed by atoms with Crippen LogP contribution in [0.15, 0.2) is 48.5 Å². The van der Waals surface area contributed by atoms with E-state index in [0.717, 1.165) is 0 Å². The van der Waals surface area contributed by atoms with Gasteiger partial charge < -0.3 is 20.4 Å². The normalized spacial score (nSPS) is 8.36. The van der Waals surface area contributed by atoms with Crippen molar-refractivity contribution in [2.24, 2.45) is 0 Å². The van der Waals surface area contributed by atoms with Gasteiger partial charge in [0.25, 0.3) is 0 Å². The molecule has 2 aromatic rings. The number of hydrogen-bond donors (Lipinski definition) is 2. The van der Waals surface area contributed by atoms with Crippen LogP contribution < -0.4 is 69.3 Å². The maximum absolute atomic E-state index is 10.5. The first-order chi connectivity index (χ1) is 9.40. The molecule has 104 valence electrons. The topological polar surface area (TPSA) is 121 Å². The zero-order chi connectivity index (χ0) is 15.1. The Balaban J connectivity index is 0. The molecule has 0 atom stereocenters. The second-order valence-corrected chi connectivity index (χ2v) is 3.66. The van der Waals surface area contributed by atoms with E-state index < -0.39 is 11.9 Å². The minimum atomic E-state index is -1.01. The molecule has 8 heteroatoms. The third kappa shape index (κ3) is 8.43. The molecule has 0 aromatic heterocycles. The number of hydrogen-bond acceptors (Lipinski definition) is 4. The summed E-state index contributed by atoms with van der Waals surface area (Å²) in [6.45, 7) is 0. The third-order valence-electron chi connectivity index (χ3n) is 2.20. The smallest absolute Gasteiger partial charge is 0.872 e. The average molecular weight is 320 g/mol. The summed E-state index contributed by atoms with van der Waals surface area (Å²) in [5, 5.41) is 37.6. The molecule has 2 rings (SSSR count). The SMILES string of the molecule is O=C(O)c1ccc([O-])cc1.O=C(O)c1ccc([O-])cc1.[Na+].[Na+]. The number of carboxylic acids is 2. The van der Waals surface area contributed by atoms with Gasteiger partial charge in [0.1, 0.15) is 0 Å². The van der Waals surface area contributed by atoms with Gasteiger partial charge in [-0.1, -0.05) is 24.3 Å². The number of rotatable bonds is 2. The fraction of sp³-hybridized carbons (Fsp3) is 0. The Hall–Kier alpha value is -1.02. The van der Waals surface area contributed by atoms with Crippen LogP contribution in [0.4, 0.5) is 0 Å². The van der Waals surface area contributed by atoms with Crippen LogP contribution in [0.3, 0.4) is 0 Å². The predicted molar refractivity (Wildman–Crippen MR) is 65.7 cm³/mol. The van der Waals surface area contributed by atoms with E-state index in [0.29, 0.717) is 0 Å². The number of carboxylic acid groups (broad SMARTS) is 2. The van der Waals surface area contributed by atoms with Crippen molar-refractivity contribution in [3.8, 4) is 11.5 Å². The fourth-order valence-electron chi connectivity index (χ4n) is 1.20. The zero-order valence-corrected chi connectivity index (χ0v) is 16.1. The van der Waals surface area contributed by atoms with Gasteiger partial charge in [0.2, 0.25) is 0 Å². The molecule has 6 nitrogen and oxygen atoms in total. The molecular formula is C14H10Na2O6.